The smallest absolute Gasteiger partial charge is 0.269 e. The number of nitrogens with one attached hydrogen (secondary N) is 2. The second kappa shape index (κ2) is 6.91. The number of halogens is 1. The molecule has 2 aliphatic carbocycles. The zero-order valence-corrected chi connectivity index (χ0v) is 20.6. The van der Waals surface area contributed by atoms with Crippen LogP contribution in [0.25, 0.3) is 11.0 Å². The number of hydrazine groups is 1. The number of rotatable bonds is 2. The topological polar surface area (TPSA) is 102 Å². The van der Waals surface area contributed by atoms with Crippen LogP contribution in [-0.2, 0) is 15.6 Å². The van der Waals surface area contributed by atoms with Crippen LogP contribution in [0.3, 0.4) is 0 Å². The fourth-order valence-electron chi connectivity index (χ4n) is 5.89. The minimum absolute atomic E-state index is 0.167. The van der Waals surface area contributed by atoms with Crippen LogP contribution in [0.2, 0.25) is 0 Å². The van der Waals surface area contributed by atoms with E-state index in [-0.39, 0.29) is 24.0 Å². The summed E-state index contributed by atoms with van der Waals surface area (Å²) in [7, 11) is 0. The van der Waals surface area contributed by atoms with Gasteiger partial charge in [-0.1, -0.05) is 36.7 Å². The Labute approximate surface area is 204 Å². The van der Waals surface area contributed by atoms with Gasteiger partial charge in [-0.25, -0.2) is 9.97 Å². The van der Waals surface area contributed by atoms with Gasteiger partial charge >= 0.3 is 0 Å². The molecule has 2 heterocycles. The minimum Gasteiger partial charge on any atom is -0.454 e. The molecule has 1 saturated carbocycles. The summed E-state index contributed by atoms with van der Waals surface area (Å²) in [6.45, 7) is 6.51. The van der Waals surface area contributed by atoms with Gasteiger partial charge in [0.25, 0.3) is 11.8 Å². The molecule has 1 aromatic heterocycles. The summed E-state index contributed by atoms with van der Waals surface area (Å²) >= 11 is 3.36. The van der Waals surface area contributed by atoms with Crippen LogP contribution in [0.5, 0.6) is 11.5 Å². The summed E-state index contributed by atoms with van der Waals surface area (Å²) in [6.07, 6.45) is 1.42. The fraction of sp³-hybridized carbons (Fsp3) is 0.360. The number of amides is 2. The van der Waals surface area contributed by atoms with Crippen LogP contribution in [0, 0.1) is 5.41 Å². The summed E-state index contributed by atoms with van der Waals surface area (Å²) in [6, 6.07) is 10.6. The molecule has 9 heteroatoms. The zero-order chi connectivity index (χ0) is 23.9. The van der Waals surface area contributed by atoms with Gasteiger partial charge in [0.05, 0.1) is 22.4 Å². The van der Waals surface area contributed by atoms with Crippen LogP contribution < -0.4 is 20.3 Å². The van der Waals surface area contributed by atoms with E-state index in [1.165, 1.54) is 0 Å². The van der Waals surface area contributed by atoms with Crippen molar-refractivity contribution in [2.24, 2.45) is 5.41 Å². The van der Waals surface area contributed by atoms with Gasteiger partial charge in [0, 0.05) is 27.6 Å². The number of hydrogen-bond donors (Lipinski definition) is 2. The van der Waals surface area contributed by atoms with Crippen LogP contribution in [0.1, 0.15) is 55.4 Å². The highest BCUT2D eigenvalue weighted by molar-refractivity contribution is 9.10. The second-order valence-electron chi connectivity index (χ2n) is 9.89. The minimum atomic E-state index is -0.929. The van der Waals surface area contributed by atoms with Gasteiger partial charge in [-0.15, -0.1) is 0 Å². The molecule has 2 aromatic carbocycles. The van der Waals surface area contributed by atoms with E-state index in [9.17, 15) is 9.59 Å². The van der Waals surface area contributed by atoms with Crippen molar-refractivity contribution in [3.05, 3.63) is 57.8 Å². The molecule has 3 aliphatic rings. The van der Waals surface area contributed by atoms with E-state index in [0.29, 0.717) is 40.2 Å². The molecule has 2 bridgehead atoms. The van der Waals surface area contributed by atoms with Crippen molar-refractivity contribution < 1.29 is 19.1 Å². The maximum atomic E-state index is 13.8. The largest absolute Gasteiger partial charge is 0.454 e. The lowest BCUT2D eigenvalue weighted by Gasteiger charge is -2.39. The summed E-state index contributed by atoms with van der Waals surface area (Å²) in [4.78, 5) is 36.4. The Morgan fingerprint density at radius 2 is 1.53 bits per heavy atom. The highest BCUT2D eigenvalue weighted by Gasteiger charge is 2.73. The average molecular weight is 523 g/mol. The first-order valence-electron chi connectivity index (χ1n) is 11.2. The average Bonchev–Trinajstić information content (AvgIpc) is 3.39. The summed E-state index contributed by atoms with van der Waals surface area (Å²) in [5.41, 5.74) is 6.87. The van der Waals surface area contributed by atoms with Gasteiger partial charge in [-0.2, -0.15) is 0 Å². The Hall–Kier alpha value is -3.20. The van der Waals surface area contributed by atoms with Crippen LogP contribution >= 0.6 is 15.9 Å². The van der Waals surface area contributed by atoms with E-state index >= 15 is 0 Å². The zero-order valence-electron chi connectivity index (χ0n) is 19.0. The lowest BCUT2D eigenvalue weighted by molar-refractivity contribution is -0.131. The number of nitrogens with zero attached hydrogens (tertiary/aromatic N) is 2. The predicted molar refractivity (Wildman–Crippen MR) is 127 cm³/mol. The van der Waals surface area contributed by atoms with E-state index in [1.54, 1.807) is 24.3 Å². The Morgan fingerprint density at radius 1 is 0.912 bits per heavy atom. The molecule has 174 valence electrons. The Balaban J connectivity index is 1.39. The molecule has 0 spiro atoms. The lowest BCUT2D eigenvalue weighted by atomic mass is 9.63. The quantitative estimate of drug-likeness (QED) is 0.494. The molecule has 2 amide bonds. The molecule has 2 N–H and O–H groups in total. The molecule has 1 aliphatic heterocycles. The molecule has 0 saturated heterocycles. The van der Waals surface area contributed by atoms with Crippen molar-refractivity contribution in [3.8, 4) is 11.5 Å². The summed E-state index contributed by atoms with van der Waals surface area (Å²) in [5.74, 6) is 0.610. The molecule has 3 aromatic rings. The van der Waals surface area contributed by atoms with Crippen LogP contribution in [0.4, 0.5) is 0 Å². The molecule has 1 fully saturated rings. The number of ether oxygens (including phenoxy) is 2. The van der Waals surface area contributed by atoms with Crippen molar-refractivity contribution in [1.29, 1.82) is 0 Å². The fourth-order valence-corrected chi connectivity index (χ4v) is 6.15. The number of aromatic nitrogens is 2. The molecule has 8 nitrogen and oxygen atoms in total. The van der Waals surface area contributed by atoms with Crippen molar-refractivity contribution in [2.75, 3.05) is 6.79 Å². The Bertz CT molecular complexity index is 1390. The van der Waals surface area contributed by atoms with Crippen LogP contribution in [0.15, 0.2) is 40.9 Å². The van der Waals surface area contributed by atoms with Gasteiger partial charge < -0.3 is 9.47 Å². The first-order chi connectivity index (χ1) is 16.2. The number of carbonyl (C=O) groups excluding carboxylic acids is 2. The standard InChI is InChI=1S/C25H23BrN4O4/c1-23(2)24(3)8-9-25(23,22(32)30-29-21(31)13-4-6-14(26)7-5-13)20-19(24)27-15-10-17-18(34-12-33-17)11-16(15)28-20/h4-7,10-11H,8-9,12H2,1-3H3,(H,29,31)(H,30,32). The van der Waals surface area contributed by atoms with Gasteiger partial charge in [0.15, 0.2) is 11.5 Å². The molecule has 34 heavy (non-hydrogen) atoms. The van der Waals surface area contributed by atoms with E-state index in [4.69, 9.17) is 19.4 Å². The third-order valence-electron chi connectivity index (χ3n) is 8.32. The second-order valence-corrected chi connectivity index (χ2v) is 10.8. The molecule has 6 rings (SSSR count). The van der Waals surface area contributed by atoms with Crippen molar-refractivity contribution >= 4 is 38.8 Å². The summed E-state index contributed by atoms with van der Waals surface area (Å²) in [5, 5.41) is 0. The molecule has 2 unspecified atom stereocenters. The Kier molecular flexibility index (Phi) is 4.34. The normalized spacial score (nSPS) is 25.3. The maximum absolute atomic E-state index is 13.8. The number of fused-ring (bicyclic) bond motifs is 7. The predicted octanol–water partition coefficient (Wildman–Crippen LogP) is 3.91. The number of carbonyl (C=O) groups is 2. The first-order valence-corrected chi connectivity index (χ1v) is 12.0. The Morgan fingerprint density at radius 3 is 2.18 bits per heavy atom. The van der Waals surface area contributed by atoms with E-state index in [1.807, 2.05) is 12.1 Å². The molecular formula is C25H23BrN4O4. The van der Waals surface area contributed by atoms with E-state index in [2.05, 4.69) is 47.6 Å². The number of benzene rings is 2. The maximum Gasteiger partial charge on any atom is 0.269 e. The summed E-state index contributed by atoms with van der Waals surface area (Å²) < 4.78 is 11.9. The first kappa shape index (κ1) is 21.3. The van der Waals surface area contributed by atoms with Crippen molar-refractivity contribution in [3.63, 3.8) is 0 Å². The molecule has 2 atom stereocenters. The van der Waals surface area contributed by atoms with Crippen LogP contribution in [-0.4, -0.2) is 28.6 Å². The van der Waals surface area contributed by atoms with Gasteiger partial charge in [-0.05, 0) is 42.5 Å². The van der Waals surface area contributed by atoms with Crippen molar-refractivity contribution in [2.45, 2.75) is 44.4 Å². The number of hydrogen-bond acceptors (Lipinski definition) is 6. The van der Waals surface area contributed by atoms with Gasteiger partial charge in [0.1, 0.15) is 5.41 Å². The highest BCUT2D eigenvalue weighted by Crippen LogP contribution is 2.70. The van der Waals surface area contributed by atoms with E-state index < -0.39 is 10.8 Å². The third-order valence-corrected chi connectivity index (χ3v) is 8.84. The van der Waals surface area contributed by atoms with Crippen molar-refractivity contribution in [1.82, 2.24) is 20.8 Å². The molecule has 0 radical (unpaired) electrons. The SMILES string of the molecule is CC12CCC(C(=O)NNC(=O)c3ccc(Br)cc3)(c3nc4cc5c(cc4nc31)OCO5)C2(C)C. The lowest BCUT2D eigenvalue weighted by Crippen LogP contribution is -2.55. The highest BCUT2D eigenvalue weighted by atomic mass is 79.9. The van der Waals surface area contributed by atoms with E-state index in [0.717, 1.165) is 16.6 Å². The van der Waals surface area contributed by atoms with Gasteiger partial charge in [-0.3, -0.25) is 20.4 Å². The molecular weight excluding hydrogens is 500 g/mol. The third kappa shape index (κ3) is 2.58. The van der Waals surface area contributed by atoms with Gasteiger partial charge in [0.2, 0.25) is 6.79 Å². The monoisotopic (exact) mass is 522 g/mol.